The zero-order chi connectivity index (χ0) is 13.9. The minimum absolute atomic E-state index is 0.163. The molecule has 4 fully saturated rings. The van der Waals surface area contributed by atoms with Crippen LogP contribution in [-0.4, -0.2) is 15.6 Å². The van der Waals surface area contributed by atoms with Crippen molar-refractivity contribution < 1.29 is 9.90 Å². The third-order valence-electron chi connectivity index (χ3n) is 6.01. The highest BCUT2D eigenvalue weighted by atomic mass is 16.4. The Balaban J connectivity index is 1.70. The lowest BCUT2D eigenvalue weighted by atomic mass is 9.54. The number of aromatic nitrogens is 1. The number of carboxylic acid groups (broad SMARTS) is 1. The fraction of sp³-hybridized carbons (Fsp3) is 0.706. The van der Waals surface area contributed by atoms with E-state index in [1.54, 1.807) is 0 Å². The first kappa shape index (κ1) is 12.5. The fourth-order valence-corrected chi connectivity index (χ4v) is 5.65. The van der Waals surface area contributed by atoms with Crippen LogP contribution in [0.15, 0.2) is 12.1 Å². The number of carboxylic acids is 1. The Morgan fingerprint density at radius 1 is 1.15 bits per heavy atom. The van der Waals surface area contributed by atoms with Crippen molar-refractivity contribution in [1.29, 1.82) is 0 Å². The summed E-state index contributed by atoms with van der Waals surface area (Å²) in [6, 6.07) is 4.70. The second kappa shape index (κ2) is 4.37. The average Bonchev–Trinajstić information content (AvgIpc) is 2.69. The van der Waals surface area contributed by atoms with Crippen LogP contribution >= 0.6 is 0 Å². The van der Waals surface area contributed by atoms with Gasteiger partial charge in [-0.05, 0) is 74.8 Å². The normalized spacial score (nSPS) is 38.4. The van der Waals surface area contributed by atoms with Crippen LogP contribution in [0.3, 0.4) is 0 Å². The molecule has 1 aromatic rings. The van der Waals surface area contributed by atoms with Gasteiger partial charge in [-0.1, -0.05) is 0 Å². The predicted molar refractivity (Wildman–Crippen MR) is 76.6 cm³/mol. The van der Waals surface area contributed by atoms with E-state index in [0.717, 1.165) is 29.4 Å². The molecule has 20 heavy (non-hydrogen) atoms. The van der Waals surface area contributed by atoms with Gasteiger partial charge in [0.15, 0.2) is 0 Å². The van der Waals surface area contributed by atoms with Crippen molar-refractivity contribution in [2.75, 3.05) is 0 Å². The molecule has 0 amide bonds. The minimum Gasteiger partial charge on any atom is -0.481 e. The number of nitrogens with zero attached hydrogens (tertiary/aromatic N) is 1. The Kier molecular flexibility index (Phi) is 2.73. The number of aryl methyl sites for hydroxylation is 1. The summed E-state index contributed by atoms with van der Waals surface area (Å²) < 4.78 is 2.39. The quantitative estimate of drug-likeness (QED) is 0.917. The molecule has 1 N–H and O–H groups in total. The smallest absolute Gasteiger partial charge is 0.309 e. The third kappa shape index (κ3) is 1.82. The van der Waals surface area contributed by atoms with Gasteiger partial charge in [-0.2, -0.15) is 0 Å². The van der Waals surface area contributed by atoms with Crippen LogP contribution in [0, 0.1) is 30.6 Å². The maximum Gasteiger partial charge on any atom is 0.309 e. The molecule has 5 rings (SSSR count). The lowest BCUT2D eigenvalue weighted by molar-refractivity contribution is -0.136. The number of hydrogen-bond donors (Lipinski definition) is 1. The molecule has 0 unspecified atom stereocenters. The van der Waals surface area contributed by atoms with Crippen LogP contribution in [0.25, 0.3) is 0 Å². The summed E-state index contributed by atoms with van der Waals surface area (Å²) in [5.74, 6) is 2.81. The molecule has 3 heteroatoms. The molecule has 1 heterocycles. The second-order valence-electron chi connectivity index (χ2n) is 7.33. The predicted octanol–water partition coefficient (Wildman–Crippen LogP) is 3.42. The molecule has 4 bridgehead atoms. The third-order valence-corrected chi connectivity index (χ3v) is 6.01. The first-order valence-electron chi connectivity index (χ1n) is 8.00. The van der Waals surface area contributed by atoms with Gasteiger partial charge in [-0.15, -0.1) is 0 Å². The Labute approximate surface area is 120 Å². The summed E-state index contributed by atoms with van der Waals surface area (Å²) in [4.78, 5) is 11.1. The van der Waals surface area contributed by atoms with E-state index in [4.69, 9.17) is 5.11 Å². The van der Waals surface area contributed by atoms with Crippen molar-refractivity contribution in [2.45, 2.75) is 51.5 Å². The van der Waals surface area contributed by atoms with E-state index >= 15 is 0 Å². The number of aliphatic carboxylic acids is 1. The Hall–Kier alpha value is -1.25. The van der Waals surface area contributed by atoms with Crippen LogP contribution in [0.4, 0.5) is 0 Å². The van der Waals surface area contributed by atoms with Gasteiger partial charge in [0.05, 0.1) is 6.42 Å². The molecule has 4 saturated carbocycles. The highest BCUT2D eigenvalue weighted by molar-refractivity contribution is 5.69. The highest BCUT2D eigenvalue weighted by Crippen LogP contribution is 2.58. The van der Waals surface area contributed by atoms with E-state index in [-0.39, 0.29) is 6.42 Å². The second-order valence-corrected chi connectivity index (χ2v) is 7.33. The van der Waals surface area contributed by atoms with Crippen LogP contribution in [0.2, 0.25) is 0 Å². The van der Waals surface area contributed by atoms with Crippen LogP contribution < -0.4 is 0 Å². The maximum absolute atomic E-state index is 11.1. The number of carbonyl (C=O) groups is 1. The summed E-state index contributed by atoms with van der Waals surface area (Å²) >= 11 is 0. The fourth-order valence-electron chi connectivity index (χ4n) is 5.65. The average molecular weight is 273 g/mol. The summed E-state index contributed by atoms with van der Waals surface area (Å²) in [7, 11) is 0. The highest BCUT2D eigenvalue weighted by Gasteiger charge is 2.49. The maximum atomic E-state index is 11.1. The van der Waals surface area contributed by atoms with Crippen molar-refractivity contribution in [3.8, 4) is 0 Å². The molecule has 0 atom stereocenters. The van der Waals surface area contributed by atoms with Gasteiger partial charge in [0, 0.05) is 17.4 Å². The Morgan fingerprint density at radius 2 is 1.75 bits per heavy atom. The van der Waals surface area contributed by atoms with Crippen LogP contribution in [-0.2, 0) is 11.2 Å². The van der Waals surface area contributed by atoms with E-state index in [9.17, 15) is 4.79 Å². The summed E-state index contributed by atoms with van der Waals surface area (Å²) in [6.07, 6.45) is 7.14. The van der Waals surface area contributed by atoms with E-state index in [1.165, 1.54) is 37.8 Å². The van der Waals surface area contributed by atoms with Crippen molar-refractivity contribution in [2.24, 2.45) is 23.7 Å². The molecule has 0 saturated heterocycles. The van der Waals surface area contributed by atoms with Gasteiger partial charge in [-0.25, -0.2) is 0 Å². The van der Waals surface area contributed by atoms with E-state index in [1.807, 2.05) is 6.07 Å². The van der Waals surface area contributed by atoms with Gasteiger partial charge in [0.2, 0.25) is 0 Å². The van der Waals surface area contributed by atoms with Crippen LogP contribution in [0.1, 0.15) is 49.5 Å². The first-order chi connectivity index (χ1) is 9.61. The van der Waals surface area contributed by atoms with Gasteiger partial charge in [0.1, 0.15) is 0 Å². The van der Waals surface area contributed by atoms with Gasteiger partial charge >= 0.3 is 5.97 Å². The largest absolute Gasteiger partial charge is 0.481 e. The molecule has 4 aliphatic rings. The summed E-state index contributed by atoms with van der Waals surface area (Å²) in [5, 5.41) is 9.14. The monoisotopic (exact) mass is 273 g/mol. The molecule has 3 nitrogen and oxygen atoms in total. The lowest BCUT2D eigenvalue weighted by Crippen LogP contribution is -2.46. The number of hydrogen-bond acceptors (Lipinski definition) is 1. The Morgan fingerprint density at radius 3 is 2.30 bits per heavy atom. The van der Waals surface area contributed by atoms with Crippen molar-refractivity contribution >= 4 is 5.97 Å². The van der Waals surface area contributed by atoms with Crippen LogP contribution in [0.5, 0.6) is 0 Å². The molecule has 0 aliphatic heterocycles. The molecule has 4 aliphatic carbocycles. The van der Waals surface area contributed by atoms with Crippen molar-refractivity contribution in [3.05, 3.63) is 23.5 Å². The lowest BCUT2D eigenvalue weighted by Gasteiger charge is -2.55. The topological polar surface area (TPSA) is 42.2 Å². The van der Waals surface area contributed by atoms with E-state index in [0.29, 0.717) is 6.04 Å². The SMILES string of the molecule is Cc1ccc(CC(=O)O)n1C1C2CC3CC(C2)CC1C3. The van der Waals surface area contributed by atoms with Crippen molar-refractivity contribution in [3.63, 3.8) is 0 Å². The van der Waals surface area contributed by atoms with E-state index in [2.05, 4.69) is 17.6 Å². The summed E-state index contributed by atoms with van der Waals surface area (Å²) in [5.41, 5.74) is 2.26. The molecule has 0 aromatic carbocycles. The first-order valence-corrected chi connectivity index (χ1v) is 8.00. The minimum atomic E-state index is -0.715. The summed E-state index contributed by atoms with van der Waals surface area (Å²) in [6.45, 7) is 2.14. The zero-order valence-electron chi connectivity index (χ0n) is 12.1. The standard InChI is InChI=1S/C17H23NO2/c1-10-2-3-15(9-16(19)20)18(10)17-13-5-11-4-12(7-13)8-14(17)6-11/h2-3,11-14,17H,4-9H2,1H3,(H,19,20). The number of rotatable bonds is 3. The molecule has 0 spiro atoms. The van der Waals surface area contributed by atoms with Gasteiger partial charge in [-0.3, -0.25) is 4.79 Å². The Bertz CT molecular complexity index is 517. The van der Waals surface area contributed by atoms with Gasteiger partial charge in [0.25, 0.3) is 0 Å². The molecule has 108 valence electrons. The van der Waals surface area contributed by atoms with E-state index < -0.39 is 5.97 Å². The molecular weight excluding hydrogens is 250 g/mol. The molecule has 0 radical (unpaired) electrons. The van der Waals surface area contributed by atoms with Crippen molar-refractivity contribution in [1.82, 2.24) is 4.57 Å². The van der Waals surface area contributed by atoms with Gasteiger partial charge < -0.3 is 9.67 Å². The molecular formula is C17H23NO2. The molecule has 1 aromatic heterocycles. The zero-order valence-corrected chi connectivity index (χ0v) is 12.1.